The van der Waals surface area contributed by atoms with Crippen LogP contribution in [0.25, 0.3) is 43.9 Å². The van der Waals surface area contributed by atoms with Crippen molar-refractivity contribution in [2.75, 3.05) is 18.8 Å². The van der Waals surface area contributed by atoms with Crippen LogP contribution in [-0.2, 0) is 20.2 Å². The number of nitrogens with two attached hydrogens (primary N) is 1. The van der Waals surface area contributed by atoms with Gasteiger partial charge in [0, 0.05) is 40.1 Å². The van der Waals surface area contributed by atoms with Crippen LogP contribution < -0.4 is 16.4 Å². The van der Waals surface area contributed by atoms with Gasteiger partial charge in [0.25, 0.3) is 26.1 Å². The van der Waals surface area contributed by atoms with Gasteiger partial charge < -0.3 is 20.6 Å². The Kier molecular flexibility index (Phi) is 9.45. The van der Waals surface area contributed by atoms with Crippen molar-refractivity contribution >= 4 is 48.8 Å². The molecule has 45 heavy (non-hydrogen) atoms. The van der Waals surface area contributed by atoms with Gasteiger partial charge in [-0.05, 0) is 66.4 Å². The second kappa shape index (κ2) is 12.9. The molecule has 7 N–H and O–H groups in total. The molecule has 0 aromatic heterocycles. The van der Waals surface area contributed by atoms with Crippen LogP contribution in [0.15, 0.2) is 61.8 Å². The lowest BCUT2D eigenvalue weighted by molar-refractivity contribution is 0.0697. The van der Waals surface area contributed by atoms with Gasteiger partial charge in [0.15, 0.2) is 21.1 Å². The predicted octanol–water partition coefficient (Wildman–Crippen LogP) is 4.06. The number of aromatic carboxylic acids is 1. The van der Waals surface area contributed by atoms with Crippen molar-refractivity contribution in [2.24, 2.45) is 5.11 Å². The Morgan fingerprint density at radius 2 is 1.64 bits per heavy atom. The minimum atomic E-state index is -5.18. The number of nitrogens with zero attached hydrogens (tertiary/aromatic N) is 3. The molecular formula is C27H26N6O10S2. The van der Waals surface area contributed by atoms with Crippen LogP contribution in [0.4, 0.5) is 5.69 Å². The Labute approximate surface area is 255 Å². The van der Waals surface area contributed by atoms with Crippen LogP contribution in [-0.4, -0.2) is 56.0 Å². The second-order valence-electron chi connectivity index (χ2n) is 9.80. The summed E-state index contributed by atoms with van der Waals surface area (Å²) in [5, 5.41) is 23.4. The Morgan fingerprint density at radius 3 is 2.29 bits per heavy atom. The number of hydrogen-bond acceptors (Lipinski definition) is 10. The summed E-state index contributed by atoms with van der Waals surface area (Å²) in [5.74, 6) is -2.77. The molecule has 18 heteroatoms. The number of anilines is 1. The van der Waals surface area contributed by atoms with Gasteiger partial charge in [-0.1, -0.05) is 18.0 Å². The number of amides is 1. The average Bonchev–Trinajstić information content (AvgIpc) is 2.95. The largest absolute Gasteiger partial charge is 0.478 e. The first-order valence-electron chi connectivity index (χ1n) is 13.1. The molecule has 0 bridgehead atoms. The van der Waals surface area contributed by atoms with E-state index in [4.69, 9.17) is 21.1 Å². The molecule has 0 spiro atoms. The molecule has 4 rings (SSSR count). The van der Waals surface area contributed by atoms with E-state index in [2.05, 4.69) is 15.3 Å². The zero-order valence-electron chi connectivity index (χ0n) is 23.2. The normalized spacial score (nSPS) is 11.8. The molecule has 2 aliphatic rings. The number of fused-ring (bicyclic) bond motifs is 2. The lowest BCUT2D eigenvalue weighted by Crippen LogP contribution is -2.24. The molecular weight excluding hydrogens is 632 g/mol. The topological polar surface area (TPSA) is 287 Å². The van der Waals surface area contributed by atoms with E-state index in [0.717, 1.165) is 31.0 Å². The number of hydrogen-bond donors (Lipinski definition) is 6. The lowest BCUT2D eigenvalue weighted by Gasteiger charge is -2.20. The summed E-state index contributed by atoms with van der Waals surface area (Å²) >= 11 is 0. The summed E-state index contributed by atoms with van der Waals surface area (Å²) in [7, 11) is -10.3. The first kappa shape index (κ1) is 32.9. The minimum absolute atomic E-state index is 0.00184. The minimum Gasteiger partial charge on any atom is -0.478 e. The molecule has 2 aromatic rings. The molecule has 0 saturated heterocycles. The highest BCUT2D eigenvalue weighted by molar-refractivity contribution is 7.86. The molecule has 0 unspecified atom stereocenters. The molecule has 0 saturated carbocycles. The number of nitrogens with one attached hydrogen (secondary N) is 2. The van der Waals surface area contributed by atoms with Gasteiger partial charge in [0.05, 0.1) is 16.6 Å². The van der Waals surface area contributed by atoms with Crippen LogP contribution in [0.3, 0.4) is 0 Å². The average molecular weight is 659 g/mol. The zero-order valence-corrected chi connectivity index (χ0v) is 24.9. The summed E-state index contributed by atoms with van der Waals surface area (Å²) in [5.41, 5.74) is 12.1. The van der Waals surface area contributed by atoms with E-state index in [1.807, 2.05) is 0 Å². The summed E-state index contributed by atoms with van der Waals surface area (Å²) in [6, 6.07) is 8.15. The number of carboxylic acid groups (broad SMARTS) is 1. The summed E-state index contributed by atoms with van der Waals surface area (Å²) in [6.07, 6.45) is 2.80. The number of rotatable bonds is 12. The first-order chi connectivity index (χ1) is 21.2. The zero-order chi connectivity index (χ0) is 33.1. The standard InChI is InChI=1S/C27H26N6O10S2/c28-19-9-7-16-21(17-8-10-20(29)25(45(40,41)42)23(17)43-22(16)24(19)44(37,38)39)18-13-14(5-6-15(18)27(35)36)26(34)31-11-3-1-2-4-12-32-33-30/h5-10,13,28H,1-4,11-12,29H2,(H,31,34)(H,35,36)(H,37,38,39)(H,40,41,42). The Balaban J connectivity index is 1.95. The SMILES string of the molecule is [N-]=[N+]=NCCCCCCNC(=O)c1ccc(C(=O)O)c(-c2c3ccc(=N)c(S(=O)(=O)O)c-3oc3c(S(=O)(=O)O)c(N)ccc23)c1. The molecule has 236 valence electrons. The van der Waals surface area contributed by atoms with E-state index in [1.54, 1.807) is 0 Å². The van der Waals surface area contributed by atoms with Gasteiger partial charge in [-0.3, -0.25) is 19.3 Å². The monoisotopic (exact) mass is 658 g/mol. The fourth-order valence-corrected chi connectivity index (χ4v) is 6.37. The van der Waals surface area contributed by atoms with Crippen LogP contribution in [0, 0.1) is 5.41 Å². The van der Waals surface area contributed by atoms with Gasteiger partial charge >= 0.3 is 5.97 Å². The highest BCUT2D eigenvalue weighted by Gasteiger charge is 2.32. The number of carboxylic acids is 1. The molecule has 0 atom stereocenters. The number of nitrogen functional groups attached to an aromatic ring is 1. The summed E-state index contributed by atoms with van der Waals surface area (Å²) in [4.78, 5) is 26.1. The van der Waals surface area contributed by atoms with Crippen molar-refractivity contribution in [3.05, 3.63) is 69.4 Å². The number of azide groups is 1. The maximum atomic E-state index is 13.1. The van der Waals surface area contributed by atoms with Crippen LogP contribution >= 0.6 is 0 Å². The molecule has 2 aromatic carbocycles. The van der Waals surface area contributed by atoms with Crippen molar-refractivity contribution in [3.8, 4) is 22.5 Å². The van der Waals surface area contributed by atoms with E-state index >= 15 is 0 Å². The molecule has 0 radical (unpaired) electrons. The summed E-state index contributed by atoms with van der Waals surface area (Å²) in [6.45, 7) is 0.637. The van der Waals surface area contributed by atoms with E-state index in [9.17, 15) is 40.6 Å². The highest BCUT2D eigenvalue weighted by Crippen LogP contribution is 2.45. The number of unbranched alkanes of at least 4 members (excludes halogenated alkanes) is 3. The number of benzene rings is 3. The smallest absolute Gasteiger partial charge is 0.336 e. The quantitative estimate of drug-likeness (QED) is 0.0240. The van der Waals surface area contributed by atoms with Crippen LogP contribution in [0.2, 0.25) is 0 Å². The maximum Gasteiger partial charge on any atom is 0.336 e. The Bertz CT molecular complexity index is 2140. The van der Waals surface area contributed by atoms with Crippen molar-refractivity contribution in [1.29, 1.82) is 5.41 Å². The van der Waals surface area contributed by atoms with Crippen molar-refractivity contribution in [1.82, 2.24) is 5.32 Å². The van der Waals surface area contributed by atoms with Crippen molar-refractivity contribution < 1.29 is 45.1 Å². The number of carbonyl (C=O) groups is 2. The third-order valence-corrected chi connectivity index (χ3v) is 8.69. The van der Waals surface area contributed by atoms with Crippen LogP contribution in [0.5, 0.6) is 0 Å². The molecule has 16 nitrogen and oxygen atoms in total. The van der Waals surface area contributed by atoms with E-state index in [1.165, 1.54) is 24.3 Å². The maximum absolute atomic E-state index is 13.1. The van der Waals surface area contributed by atoms with Gasteiger partial charge in [-0.2, -0.15) is 16.8 Å². The van der Waals surface area contributed by atoms with Crippen molar-refractivity contribution in [2.45, 2.75) is 35.5 Å². The van der Waals surface area contributed by atoms with Gasteiger partial charge in [-0.25, -0.2) is 4.79 Å². The molecule has 1 aliphatic carbocycles. The molecule has 1 heterocycles. The first-order valence-corrected chi connectivity index (χ1v) is 16.0. The third-order valence-electron chi connectivity index (χ3n) is 6.83. The lowest BCUT2D eigenvalue weighted by atomic mass is 9.89. The van der Waals surface area contributed by atoms with E-state index in [0.29, 0.717) is 19.4 Å². The van der Waals surface area contributed by atoms with Gasteiger partial charge in [-0.15, -0.1) is 0 Å². The Hall–Kier alpha value is -5.00. The Morgan fingerprint density at radius 1 is 0.956 bits per heavy atom. The van der Waals surface area contributed by atoms with Gasteiger partial charge in [0.2, 0.25) is 0 Å². The third kappa shape index (κ3) is 6.89. The van der Waals surface area contributed by atoms with Crippen molar-refractivity contribution in [3.63, 3.8) is 0 Å². The number of carbonyl (C=O) groups excluding carboxylic acids is 1. The van der Waals surface area contributed by atoms with E-state index in [-0.39, 0.29) is 39.7 Å². The second-order valence-corrected chi connectivity index (χ2v) is 12.5. The molecule has 1 aliphatic heterocycles. The highest BCUT2D eigenvalue weighted by atomic mass is 32.2. The molecule has 1 amide bonds. The van der Waals surface area contributed by atoms with Gasteiger partial charge in [0.1, 0.15) is 0 Å². The summed E-state index contributed by atoms with van der Waals surface area (Å²) < 4.78 is 75.0. The van der Waals surface area contributed by atoms with Crippen LogP contribution in [0.1, 0.15) is 46.4 Å². The fraction of sp³-hybridized carbons (Fsp3) is 0.222. The molecule has 0 fully saturated rings. The fourth-order valence-electron chi connectivity index (χ4n) is 4.89. The predicted molar refractivity (Wildman–Crippen MR) is 160 cm³/mol. The van der Waals surface area contributed by atoms with E-state index < -0.39 is 64.3 Å².